The molecule has 23 heavy (non-hydrogen) atoms. The lowest BCUT2D eigenvalue weighted by molar-refractivity contribution is -0.136. The van der Waals surface area contributed by atoms with E-state index in [-0.39, 0.29) is 22.0 Å². The molecule has 2 rings (SSSR count). The maximum Gasteiger partial charge on any atom is 0.303 e. The lowest BCUT2D eigenvalue weighted by Crippen LogP contribution is -2.14. The smallest absolute Gasteiger partial charge is 0.303 e. The Balaban J connectivity index is 2.19. The number of aliphatic carboxylic acids is 1. The van der Waals surface area contributed by atoms with E-state index in [1.165, 1.54) is 36.4 Å². The Morgan fingerprint density at radius 2 is 1.83 bits per heavy atom. The minimum absolute atomic E-state index is 0.0436. The van der Waals surface area contributed by atoms with Gasteiger partial charge >= 0.3 is 5.97 Å². The van der Waals surface area contributed by atoms with Gasteiger partial charge in [-0.25, -0.2) is 12.8 Å². The number of nitrogens with one attached hydrogen (secondary N) is 1. The molecular formula is C15H13ClFNO4S. The van der Waals surface area contributed by atoms with Crippen molar-refractivity contribution in [2.45, 2.75) is 17.7 Å². The molecule has 122 valence electrons. The van der Waals surface area contributed by atoms with Crippen LogP contribution in [0.2, 0.25) is 5.02 Å². The monoisotopic (exact) mass is 357 g/mol. The zero-order valence-electron chi connectivity index (χ0n) is 11.8. The molecule has 0 radical (unpaired) electrons. The van der Waals surface area contributed by atoms with Gasteiger partial charge in [0, 0.05) is 11.4 Å². The van der Waals surface area contributed by atoms with Crippen LogP contribution in [0.4, 0.5) is 10.1 Å². The summed E-state index contributed by atoms with van der Waals surface area (Å²) >= 11 is 5.72. The number of carboxylic acids is 1. The molecule has 0 amide bonds. The number of carbonyl (C=O) groups is 1. The summed E-state index contributed by atoms with van der Waals surface area (Å²) in [5.41, 5.74) is 0.452. The van der Waals surface area contributed by atoms with Gasteiger partial charge in [-0.2, -0.15) is 0 Å². The normalized spacial score (nSPS) is 11.2. The number of aryl methyl sites for hydroxylation is 1. The van der Waals surface area contributed by atoms with Gasteiger partial charge in [-0.1, -0.05) is 23.7 Å². The van der Waals surface area contributed by atoms with Gasteiger partial charge in [-0.3, -0.25) is 9.52 Å². The average molecular weight is 358 g/mol. The second-order valence-electron chi connectivity index (χ2n) is 4.77. The van der Waals surface area contributed by atoms with Crippen molar-refractivity contribution in [1.29, 1.82) is 0 Å². The first-order valence-electron chi connectivity index (χ1n) is 6.56. The number of benzene rings is 2. The van der Waals surface area contributed by atoms with Gasteiger partial charge in [0.2, 0.25) is 0 Å². The van der Waals surface area contributed by atoms with Crippen molar-refractivity contribution in [3.05, 3.63) is 58.9 Å². The van der Waals surface area contributed by atoms with Gasteiger partial charge in [0.15, 0.2) is 0 Å². The molecule has 0 aliphatic carbocycles. The molecule has 0 atom stereocenters. The van der Waals surface area contributed by atoms with Gasteiger partial charge in [0.1, 0.15) is 5.82 Å². The molecule has 5 nitrogen and oxygen atoms in total. The summed E-state index contributed by atoms with van der Waals surface area (Å²) < 4.78 is 40.2. The quantitative estimate of drug-likeness (QED) is 0.830. The van der Waals surface area contributed by atoms with Gasteiger partial charge < -0.3 is 5.11 Å². The van der Waals surface area contributed by atoms with E-state index < -0.39 is 21.8 Å². The summed E-state index contributed by atoms with van der Waals surface area (Å²) in [7, 11) is -3.97. The SMILES string of the molecule is O=C(O)CCc1ccc(S(=O)(=O)Nc2cc(Cl)ccc2F)cc1. The molecule has 2 aromatic carbocycles. The molecule has 0 heterocycles. The van der Waals surface area contributed by atoms with E-state index >= 15 is 0 Å². The van der Waals surface area contributed by atoms with E-state index in [1.54, 1.807) is 0 Å². The third-order valence-electron chi connectivity index (χ3n) is 3.03. The average Bonchev–Trinajstić information content (AvgIpc) is 2.49. The van der Waals surface area contributed by atoms with Crippen molar-refractivity contribution < 1.29 is 22.7 Å². The lowest BCUT2D eigenvalue weighted by Gasteiger charge is -2.10. The van der Waals surface area contributed by atoms with Gasteiger partial charge in [-0.05, 0) is 42.3 Å². The number of carboxylic acid groups (broad SMARTS) is 1. The number of anilines is 1. The lowest BCUT2D eigenvalue weighted by atomic mass is 10.1. The molecule has 2 aromatic rings. The Labute approximate surface area is 137 Å². The summed E-state index contributed by atoms with van der Waals surface area (Å²) in [6.07, 6.45) is 0.254. The number of halogens is 2. The van der Waals surface area contributed by atoms with E-state index in [2.05, 4.69) is 4.72 Å². The largest absolute Gasteiger partial charge is 0.481 e. The second kappa shape index (κ2) is 6.97. The van der Waals surface area contributed by atoms with Crippen LogP contribution in [0.15, 0.2) is 47.4 Å². The van der Waals surface area contributed by atoms with Crippen molar-refractivity contribution in [2.24, 2.45) is 0 Å². The third kappa shape index (κ3) is 4.67. The predicted molar refractivity (Wildman–Crippen MR) is 84.6 cm³/mol. The van der Waals surface area contributed by atoms with Crippen molar-refractivity contribution in [3.63, 3.8) is 0 Å². The predicted octanol–water partition coefficient (Wildman–Crippen LogP) is 3.30. The van der Waals surface area contributed by atoms with Crippen LogP contribution >= 0.6 is 11.6 Å². The fourth-order valence-corrected chi connectivity index (χ4v) is 3.10. The first kappa shape index (κ1) is 17.2. The summed E-state index contributed by atoms with van der Waals surface area (Å²) in [5, 5.41) is 8.82. The van der Waals surface area contributed by atoms with Gasteiger partial charge in [0.25, 0.3) is 10.0 Å². The van der Waals surface area contributed by atoms with Crippen LogP contribution in [0.1, 0.15) is 12.0 Å². The maximum atomic E-state index is 13.6. The molecule has 0 unspecified atom stereocenters. The number of hydrogen-bond donors (Lipinski definition) is 2. The van der Waals surface area contributed by atoms with Crippen molar-refractivity contribution in [1.82, 2.24) is 0 Å². The molecule has 0 saturated heterocycles. The highest BCUT2D eigenvalue weighted by molar-refractivity contribution is 7.92. The molecule has 0 aliphatic heterocycles. The molecular weight excluding hydrogens is 345 g/mol. The highest BCUT2D eigenvalue weighted by Crippen LogP contribution is 2.23. The Bertz CT molecular complexity index is 822. The van der Waals surface area contributed by atoms with Crippen LogP contribution in [-0.4, -0.2) is 19.5 Å². The zero-order valence-corrected chi connectivity index (χ0v) is 13.4. The van der Waals surface area contributed by atoms with Crippen molar-refractivity contribution in [3.8, 4) is 0 Å². The Morgan fingerprint density at radius 3 is 2.43 bits per heavy atom. The van der Waals surface area contributed by atoms with E-state index in [9.17, 15) is 17.6 Å². The van der Waals surface area contributed by atoms with Crippen LogP contribution in [0.5, 0.6) is 0 Å². The number of sulfonamides is 1. The number of rotatable bonds is 6. The van der Waals surface area contributed by atoms with Crippen LogP contribution in [0, 0.1) is 5.82 Å². The fourth-order valence-electron chi connectivity index (χ4n) is 1.87. The van der Waals surface area contributed by atoms with Crippen molar-refractivity contribution >= 4 is 33.3 Å². The summed E-state index contributed by atoms with van der Waals surface area (Å²) in [4.78, 5) is 10.4. The molecule has 0 saturated carbocycles. The Hall–Kier alpha value is -2.12. The standard InChI is InChI=1S/C15H13ClFNO4S/c16-11-4-7-13(17)14(9-11)18-23(21,22)12-5-1-10(2-6-12)3-8-15(19)20/h1-2,4-7,9,18H,3,8H2,(H,19,20). The molecule has 0 spiro atoms. The molecule has 0 aromatic heterocycles. The minimum Gasteiger partial charge on any atom is -0.481 e. The van der Waals surface area contributed by atoms with Crippen LogP contribution < -0.4 is 4.72 Å². The topological polar surface area (TPSA) is 83.5 Å². The summed E-state index contributed by atoms with van der Waals surface area (Å²) in [6, 6.07) is 9.26. The second-order valence-corrected chi connectivity index (χ2v) is 6.89. The molecule has 0 bridgehead atoms. The van der Waals surface area contributed by atoms with Crippen LogP contribution in [0.25, 0.3) is 0 Å². The molecule has 8 heteroatoms. The molecule has 2 N–H and O–H groups in total. The Kier molecular flexibility index (Phi) is 5.23. The molecule has 0 fully saturated rings. The van der Waals surface area contributed by atoms with E-state index in [1.807, 2.05) is 0 Å². The van der Waals surface area contributed by atoms with Crippen molar-refractivity contribution in [2.75, 3.05) is 4.72 Å². The fraction of sp³-hybridized carbons (Fsp3) is 0.133. The highest BCUT2D eigenvalue weighted by atomic mass is 35.5. The highest BCUT2D eigenvalue weighted by Gasteiger charge is 2.16. The first-order valence-corrected chi connectivity index (χ1v) is 8.42. The van der Waals surface area contributed by atoms with Crippen LogP contribution in [0.3, 0.4) is 0 Å². The van der Waals surface area contributed by atoms with Gasteiger partial charge in [-0.15, -0.1) is 0 Å². The summed E-state index contributed by atoms with van der Waals surface area (Å²) in [6.45, 7) is 0. The molecule has 0 aliphatic rings. The minimum atomic E-state index is -3.97. The van der Waals surface area contributed by atoms with E-state index in [0.29, 0.717) is 12.0 Å². The third-order valence-corrected chi connectivity index (χ3v) is 4.65. The summed E-state index contributed by atoms with van der Waals surface area (Å²) in [5.74, 6) is -1.67. The first-order chi connectivity index (χ1) is 10.8. The maximum absolute atomic E-state index is 13.6. The van der Waals surface area contributed by atoms with Gasteiger partial charge in [0.05, 0.1) is 10.6 Å². The van der Waals surface area contributed by atoms with E-state index in [4.69, 9.17) is 16.7 Å². The van der Waals surface area contributed by atoms with Crippen LogP contribution in [-0.2, 0) is 21.2 Å². The Morgan fingerprint density at radius 1 is 1.17 bits per heavy atom. The number of hydrogen-bond acceptors (Lipinski definition) is 3. The van der Waals surface area contributed by atoms with E-state index in [0.717, 1.165) is 6.07 Å². The zero-order chi connectivity index (χ0) is 17.0.